The van der Waals surface area contributed by atoms with Crippen molar-refractivity contribution >= 4 is 11.6 Å². The number of benzene rings is 1. The molecule has 0 aliphatic rings. The fourth-order valence-corrected chi connectivity index (χ4v) is 2.43. The zero-order valence-corrected chi connectivity index (χ0v) is 14.5. The van der Waals surface area contributed by atoms with Crippen molar-refractivity contribution < 1.29 is 4.79 Å². The Kier molecular flexibility index (Phi) is 5.90. The summed E-state index contributed by atoms with van der Waals surface area (Å²) in [5.74, 6) is -0.549. The maximum absolute atomic E-state index is 12.5. The van der Waals surface area contributed by atoms with E-state index in [-0.39, 0.29) is 13.1 Å². The summed E-state index contributed by atoms with van der Waals surface area (Å²) in [4.78, 5) is 49.5. The van der Waals surface area contributed by atoms with Crippen LogP contribution in [0.25, 0.3) is 0 Å². The SMILES string of the molecule is C=CCn1c(=O)n(CC=C)c(=O)n(CC(=O)Nc2ccccc2C)c1=O. The first kappa shape index (κ1) is 18.9. The van der Waals surface area contributed by atoms with Gasteiger partial charge in [-0.05, 0) is 18.6 Å². The first-order valence-corrected chi connectivity index (χ1v) is 7.92. The summed E-state index contributed by atoms with van der Waals surface area (Å²) in [6.07, 6.45) is 2.73. The van der Waals surface area contributed by atoms with Crippen molar-refractivity contribution in [2.24, 2.45) is 0 Å². The Bertz CT molecular complexity index is 978. The number of nitrogens with zero attached hydrogens (tertiary/aromatic N) is 3. The number of para-hydroxylation sites is 1. The van der Waals surface area contributed by atoms with Crippen LogP contribution in [-0.2, 0) is 24.4 Å². The molecule has 26 heavy (non-hydrogen) atoms. The summed E-state index contributed by atoms with van der Waals surface area (Å²) in [6.45, 7) is 8.15. The Labute approximate surface area is 149 Å². The molecule has 1 aromatic heterocycles. The normalized spacial score (nSPS) is 10.3. The van der Waals surface area contributed by atoms with Crippen molar-refractivity contribution in [3.8, 4) is 0 Å². The summed E-state index contributed by atoms with van der Waals surface area (Å²) >= 11 is 0. The van der Waals surface area contributed by atoms with Crippen molar-refractivity contribution in [1.82, 2.24) is 13.7 Å². The van der Waals surface area contributed by atoms with Crippen LogP contribution in [0.4, 0.5) is 5.69 Å². The number of anilines is 1. The van der Waals surface area contributed by atoms with Crippen LogP contribution in [0.1, 0.15) is 5.56 Å². The molecule has 0 spiro atoms. The monoisotopic (exact) mass is 356 g/mol. The van der Waals surface area contributed by atoms with Gasteiger partial charge in [-0.15, -0.1) is 13.2 Å². The fourth-order valence-electron chi connectivity index (χ4n) is 2.43. The molecule has 0 atom stereocenters. The maximum Gasteiger partial charge on any atom is 0.337 e. The van der Waals surface area contributed by atoms with Crippen molar-refractivity contribution in [3.63, 3.8) is 0 Å². The Morgan fingerprint density at radius 1 is 0.962 bits per heavy atom. The summed E-state index contributed by atoms with van der Waals surface area (Å²) in [6, 6.07) is 7.12. The van der Waals surface area contributed by atoms with Crippen LogP contribution < -0.4 is 22.4 Å². The molecule has 0 unspecified atom stereocenters. The van der Waals surface area contributed by atoms with Gasteiger partial charge in [-0.25, -0.2) is 28.1 Å². The second-order valence-corrected chi connectivity index (χ2v) is 5.60. The number of allylic oxidation sites excluding steroid dienone is 2. The summed E-state index contributed by atoms with van der Waals surface area (Å²) in [7, 11) is 0. The van der Waals surface area contributed by atoms with E-state index in [0.717, 1.165) is 19.3 Å². The summed E-state index contributed by atoms with van der Waals surface area (Å²) in [5, 5.41) is 2.66. The average molecular weight is 356 g/mol. The lowest BCUT2D eigenvalue weighted by atomic mass is 10.2. The van der Waals surface area contributed by atoms with Crippen LogP contribution in [0.15, 0.2) is 64.0 Å². The molecule has 0 aliphatic heterocycles. The van der Waals surface area contributed by atoms with Crippen LogP contribution >= 0.6 is 0 Å². The minimum Gasteiger partial charge on any atom is -0.324 e. The third-order valence-corrected chi connectivity index (χ3v) is 3.73. The standard InChI is InChI=1S/C18H20N4O4/c1-4-10-20-16(24)21(11-5-2)18(26)22(17(20)25)12-15(23)19-14-9-7-6-8-13(14)3/h4-9H,1-2,10-12H2,3H3,(H,19,23). The number of carbonyl (C=O) groups is 1. The molecule has 0 fully saturated rings. The summed E-state index contributed by atoms with van der Waals surface area (Å²) in [5.41, 5.74) is -1.07. The average Bonchev–Trinajstić information content (AvgIpc) is 2.61. The molecule has 2 aromatic rings. The highest BCUT2D eigenvalue weighted by atomic mass is 16.2. The highest BCUT2D eigenvalue weighted by molar-refractivity contribution is 5.91. The van der Waals surface area contributed by atoms with E-state index < -0.39 is 29.5 Å². The van der Waals surface area contributed by atoms with Gasteiger partial charge in [0.1, 0.15) is 6.54 Å². The molecular formula is C18H20N4O4. The quantitative estimate of drug-likeness (QED) is 0.731. The number of hydrogen-bond donors (Lipinski definition) is 1. The van der Waals surface area contributed by atoms with E-state index in [1.165, 1.54) is 12.2 Å². The molecule has 136 valence electrons. The van der Waals surface area contributed by atoms with E-state index in [1.807, 2.05) is 19.1 Å². The fraction of sp³-hybridized carbons (Fsp3) is 0.222. The largest absolute Gasteiger partial charge is 0.337 e. The van der Waals surface area contributed by atoms with Gasteiger partial charge in [-0.1, -0.05) is 30.4 Å². The molecule has 1 N–H and O–H groups in total. The van der Waals surface area contributed by atoms with Crippen LogP contribution in [0.5, 0.6) is 0 Å². The third kappa shape index (κ3) is 3.80. The number of nitrogens with one attached hydrogen (secondary N) is 1. The van der Waals surface area contributed by atoms with Crippen molar-refractivity contribution in [3.05, 3.63) is 86.6 Å². The molecule has 1 heterocycles. The second-order valence-electron chi connectivity index (χ2n) is 5.60. The highest BCUT2D eigenvalue weighted by Gasteiger charge is 2.16. The third-order valence-electron chi connectivity index (χ3n) is 3.73. The van der Waals surface area contributed by atoms with Crippen molar-refractivity contribution in [2.45, 2.75) is 26.6 Å². The molecular weight excluding hydrogens is 336 g/mol. The van der Waals surface area contributed by atoms with Gasteiger partial charge in [0.25, 0.3) is 0 Å². The van der Waals surface area contributed by atoms with Gasteiger partial charge in [0.05, 0.1) is 13.1 Å². The van der Waals surface area contributed by atoms with Crippen LogP contribution in [0.2, 0.25) is 0 Å². The first-order chi connectivity index (χ1) is 12.4. The molecule has 0 bridgehead atoms. The van der Waals surface area contributed by atoms with Crippen LogP contribution in [0.3, 0.4) is 0 Å². The smallest absolute Gasteiger partial charge is 0.324 e. The van der Waals surface area contributed by atoms with E-state index in [1.54, 1.807) is 12.1 Å². The lowest BCUT2D eigenvalue weighted by molar-refractivity contribution is -0.116. The van der Waals surface area contributed by atoms with Gasteiger partial charge in [-0.3, -0.25) is 4.79 Å². The molecule has 1 amide bonds. The predicted octanol–water partition coefficient (Wildman–Crippen LogP) is 0.491. The molecule has 0 aliphatic carbocycles. The Morgan fingerprint density at radius 3 is 1.96 bits per heavy atom. The Morgan fingerprint density at radius 2 is 1.46 bits per heavy atom. The molecule has 8 heteroatoms. The predicted molar refractivity (Wildman–Crippen MR) is 99.4 cm³/mol. The molecule has 0 radical (unpaired) electrons. The van der Waals surface area contributed by atoms with Gasteiger partial charge in [0, 0.05) is 5.69 Å². The molecule has 2 rings (SSSR count). The zero-order chi connectivity index (χ0) is 19.3. The molecule has 0 saturated carbocycles. The lowest BCUT2D eigenvalue weighted by Crippen LogP contribution is -2.55. The minimum atomic E-state index is -0.861. The van der Waals surface area contributed by atoms with E-state index in [0.29, 0.717) is 5.69 Å². The first-order valence-electron chi connectivity index (χ1n) is 7.92. The number of carbonyl (C=O) groups excluding carboxylic acids is 1. The number of aryl methyl sites for hydroxylation is 1. The molecule has 8 nitrogen and oxygen atoms in total. The van der Waals surface area contributed by atoms with Gasteiger partial charge < -0.3 is 5.32 Å². The van der Waals surface area contributed by atoms with E-state index >= 15 is 0 Å². The highest BCUT2D eigenvalue weighted by Crippen LogP contribution is 2.12. The topological polar surface area (TPSA) is 95.1 Å². The van der Waals surface area contributed by atoms with Crippen molar-refractivity contribution in [2.75, 3.05) is 5.32 Å². The number of amides is 1. The van der Waals surface area contributed by atoms with E-state index in [9.17, 15) is 19.2 Å². The van der Waals surface area contributed by atoms with Gasteiger partial charge >= 0.3 is 17.1 Å². The van der Waals surface area contributed by atoms with Gasteiger partial charge in [0.15, 0.2) is 0 Å². The minimum absolute atomic E-state index is 0.0749. The van der Waals surface area contributed by atoms with E-state index in [2.05, 4.69) is 18.5 Å². The lowest BCUT2D eigenvalue weighted by Gasteiger charge is -2.13. The van der Waals surface area contributed by atoms with Crippen LogP contribution in [-0.4, -0.2) is 19.6 Å². The van der Waals surface area contributed by atoms with Crippen LogP contribution in [0, 0.1) is 6.92 Å². The maximum atomic E-state index is 12.5. The second kappa shape index (κ2) is 8.11. The Hall–Kier alpha value is -3.42. The van der Waals surface area contributed by atoms with Gasteiger partial charge in [0.2, 0.25) is 5.91 Å². The number of hydrogen-bond acceptors (Lipinski definition) is 4. The molecule has 1 aromatic carbocycles. The number of aromatic nitrogens is 3. The molecule has 0 saturated heterocycles. The zero-order valence-electron chi connectivity index (χ0n) is 14.5. The number of rotatable bonds is 7. The van der Waals surface area contributed by atoms with Gasteiger partial charge in [-0.2, -0.15) is 0 Å². The summed E-state index contributed by atoms with van der Waals surface area (Å²) < 4.78 is 2.42. The van der Waals surface area contributed by atoms with Crippen molar-refractivity contribution in [1.29, 1.82) is 0 Å². The van der Waals surface area contributed by atoms with E-state index in [4.69, 9.17) is 0 Å². The Balaban J connectivity index is 2.47.